The average Bonchev–Trinajstić information content (AvgIpc) is 2.42. The molecule has 0 aromatic heterocycles. The first kappa shape index (κ1) is 16.5. The highest BCUT2D eigenvalue weighted by molar-refractivity contribution is 9.10. The number of sulfonamides is 1. The first-order valence-corrected chi connectivity index (χ1v) is 8.88. The Morgan fingerprint density at radius 2 is 2.10 bits per heavy atom. The van der Waals surface area contributed by atoms with Crippen LogP contribution >= 0.6 is 27.5 Å². The quantitative estimate of drug-likeness (QED) is 0.756. The van der Waals surface area contributed by atoms with E-state index in [1.54, 1.807) is 0 Å². The van der Waals surface area contributed by atoms with Gasteiger partial charge in [0.2, 0.25) is 15.9 Å². The Morgan fingerprint density at radius 1 is 1.43 bits per heavy atom. The van der Waals surface area contributed by atoms with Crippen molar-refractivity contribution in [1.82, 2.24) is 4.31 Å². The molecule has 6 nitrogen and oxygen atoms in total. The lowest BCUT2D eigenvalue weighted by molar-refractivity contribution is -0.122. The molecule has 0 bridgehead atoms. The molecule has 0 spiro atoms. The van der Waals surface area contributed by atoms with Crippen LogP contribution in [0.2, 0.25) is 5.02 Å². The zero-order chi connectivity index (χ0) is 15.8. The van der Waals surface area contributed by atoms with E-state index in [2.05, 4.69) is 15.9 Å². The molecule has 1 saturated heterocycles. The fourth-order valence-electron chi connectivity index (χ4n) is 2.30. The molecular weight excluding hydrogens is 382 g/mol. The van der Waals surface area contributed by atoms with Gasteiger partial charge in [0.15, 0.2) is 0 Å². The number of amides is 1. The number of halogens is 2. The van der Waals surface area contributed by atoms with Crippen LogP contribution in [0.25, 0.3) is 0 Å². The van der Waals surface area contributed by atoms with Crippen LogP contribution in [0.5, 0.6) is 0 Å². The minimum Gasteiger partial charge on any atom is -0.398 e. The van der Waals surface area contributed by atoms with Crippen molar-refractivity contribution in [1.29, 1.82) is 0 Å². The second-order valence-electron chi connectivity index (χ2n) is 4.91. The Balaban J connectivity index is 2.40. The molecule has 4 N–H and O–H groups in total. The van der Waals surface area contributed by atoms with Crippen LogP contribution in [0, 0.1) is 5.92 Å². The number of carbonyl (C=O) groups excluding carboxylic acids is 1. The SMILES string of the molecule is NC(=O)C1CCCN(S(=O)(=O)c2cc(Cl)cc(N)c2Br)C1. The van der Waals surface area contributed by atoms with E-state index in [0.717, 1.165) is 0 Å². The lowest BCUT2D eigenvalue weighted by atomic mass is 9.99. The third kappa shape index (κ3) is 3.33. The number of rotatable bonds is 3. The molecule has 1 fully saturated rings. The van der Waals surface area contributed by atoms with Crippen LogP contribution in [-0.2, 0) is 14.8 Å². The van der Waals surface area contributed by atoms with E-state index in [-0.39, 0.29) is 26.6 Å². The molecule has 116 valence electrons. The van der Waals surface area contributed by atoms with Gasteiger partial charge in [-0.05, 0) is 40.9 Å². The maximum Gasteiger partial charge on any atom is 0.244 e. The number of hydrogen-bond acceptors (Lipinski definition) is 4. The lowest BCUT2D eigenvalue weighted by Crippen LogP contribution is -2.44. The number of piperidine rings is 1. The molecule has 9 heteroatoms. The molecule has 1 aromatic carbocycles. The smallest absolute Gasteiger partial charge is 0.244 e. The maximum absolute atomic E-state index is 12.7. The summed E-state index contributed by atoms with van der Waals surface area (Å²) >= 11 is 9.07. The zero-order valence-corrected chi connectivity index (χ0v) is 14.2. The number of nitrogen functional groups attached to an aromatic ring is 1. The van der Waals surface area contributed by atoms with Crippen molar-refractivity contribution in [2.24, 2.45) is 11.7 Å². The van der Waals surface area contributed by atoms with Gasteiger partial charge in [0, 0.05) is 23.8 Å². The van der Waals surface area contributed by atoms with Gasteiger partial charge in [0.05, 0.1) is 15.3 Å². The van der Waals surface area contributed by atoms with E-state index >= 15 is 0 Å². The highest BCUT2D eigenvalue weighted by atomic mass is 79.9. The first-order valence-electron chi connectivity index (χ1n) is 6.27. The summed E-state index contributed by atoms with van der Waals surface area (Å²) in [4.78, 5) is 11.3. The summed E-state index contributed by atoms with van der Waals surface area (Å²) in [6.45, 7) is 0.418. The number of anilines is 1. The van der Waals surface area contributed by atoms with Crippen LogP contribution in [0.4, 0.5) is 5.69 Å². The van der Waals surface area contributed by atoms with E-state index in [9.17, 15) is 13.2 Å². The monoisotopic (exact) mass is 395 g/mol. The summed E-state index contributed by atoms with van der Waals surface area (Å²) < 4.78 is 26.9. The van der Waals surface area contributed by atoms with Gasteiger partial charge in [-0.3, -0.25) is 4.79 Å². The molecule has 2 rings (SSSR count). The van der Waals surface area contributed by atoms with Gasteiger partial charge in [-0.15, -0.1) is 0 Å². The van der Waals surface area contributed by atoms with E-state index < -0.39 is 21.8 Å². The van der Waals surface area contributed by atoms with Crippen LogP contribution in [0.1, 0.15) is 12.8 Å². The van der Waals surface area contributed by atoms with E-state index in [1.807, 2.05) is 0 Å². The topological polar surface area (TPSA) is 106 Å². The predicted octanol–water partition coefficient (Wildman–Crippen LogP) is 1.57. The van der Waals surface area contributed by atoms with Crippen LogP contribution < -0.4 is 11.5 Å². The largest absolute Gasteiger partial charge is 0.398 e. The minimum atomic E-state index is -3.79. The molecular formula is C12H15BrClN3O3S. The Morgan fingerprint density at radius 3 is 2.71 bits per heavy atom. The number of primary amides is 1. The number of benzene rings is 1. The molecule has 1 aliphatic rings. The summed E-state index contributed by atoms with van der Waals surface area (Å²) in [6.07, 6.45) is 1.18. The van der Waals surface area contributed by atoms with Crippen LogP contribution in [-0.4, -0.2) is 31.7 Å². The van der Waals surface area contributed by atoms with Gasteiger partial charge < -0.3 is 11.5 Å². The van der Waals surface area contributed by atoms with E-state index in [1.165, 1.54) is 16.4 Å². The van der Waals surface area contributed by atoms with Crippen molar-refractivity contribution in [3.63, 3.8) is 0 Å². The maximum atomic E-state index is 12.7. The molecule has 0 radical (unpaired) electrons. The van der Waals surface area contributed by atoms with Crippen LogP contribution in [0.3, 0.4) is 0 Å². The highest BCUT2D eigenvalue weighted by Gasteiger charge is 2.34. The molecule has 1 aromatic rings. The van der Waals surface area contributed by atoms with Crippen molar-refractivity contribution >= 4 is 49.1 Å². The summed E-state index contributed by atoms with van der Waals surface area (Å²) in [5.74, 6) is -0.955. The predicted molar refractivity (Wildman–Crippen MR) is 84.2 cm³/mol. The lowest BCUT2D eigenvalue weighted by Gasteiger charge is -2.30. The van der Waals surface area contributed by atoms with Gasteiger partial charge in [-0.25, -0.2) is 8.42 Å². The number of nitrogens with two attached hydrogens (primary N) is 2. The second kappa shape index (κ2) is 6.12. The van der Waals surface area contributed by atoms with Gasteiger partial charge in [-0.1, -0.05) is 11.6 Å². The Hall–Kier alpha value is -0.830. The van der Waals surface area contributed by atoms with E-state index in [4.69, 9.17) is 23.1 Å². The summed E-state index contributed by atoms with van der Waals surface area (Å²) in [5.41, 5.74) is 11.3. The molecule has 1 amide bonds. The van der Waals surface area contributed by atoms with Crippen molar-refractivity contribution < 1.29 is 13.2 Å². The molecule has 1 unspecified atom stereocenters. The van der Waals surface area contributed by atoms with Crippen molar-refractivity contribution in [3.8, 4) is 0 Å². The van der Waals surface area contributed by atoms with Gasteiger partial charge >= 0.3 is 0 Å². The molecule has 1 atom stereocenters. The molecule has 0 saturated carbocycles. The van der Waals surface area contributed by atoms with Crippen LogP contribution in [0.15, 0.2) is 21.5 Å². The average molecular weight is 397 g/mol. The summed E-state index contributed by atoms with van der Waals surface area (Å²) in [5, 5.41) is 0.234. The molecule has 1 heterocycles. The molecule has 21 heavy (non-hydrogen) atoms. The zero-order valence-electron chi connectivity index (χ0n) is 11.1. The first-order chi connectivity index (χ1) is 9.73. The van der Waals surface area contributed by atoms with Crippen molar-refractivity contribution in [2.75, 3.05) is 18.8 Å². The molecule has 1 aliphatic heterocycles. The summed E-state index contributed by atoms with van der Waals surface area (Å²) in [6, 6.07) is 2.80. The normalized spacial score (nSPS) is 20.4. The fourth-order valence-corrected chi connectivity index (χ4v) is 5.08. The van der Waals surface area contributed by atoms with Crippen molar-refractivity contribution in [2.45, 2.75) is 17.7 Å². The second-order valence-corrected chi connectivity index (χ2v) is 8.05. The minimum absolute atomic E-state index is 0.00220. The van der Waals surface area contributed by atoms with Gasteiger partial charge in [-0.2, -0.15) is 4.31 Å². The van der Waals surface area contributed by atoms with Gasteiger partial charge in [0.25, 0.3) is 0 Å². The Labute approximate surface area is 136 Å². The number of hydrogen-bond donors (Lipinski definition) is 2. The third-order valence-electron chi connectivity index (χ3n) is 3.44. The standard InChI is InChI=1S/C12H15BrClN3O3S/c13-11-9(15)4-8(14)5-10(11)21(19,20)17-3-1-2-7(6-17)12(16)18/h4-5,7H,1-3,6,15H2,(H2,16,18). The number of carbonyl (C=O) groups is 1. The summed E-state index contributed by atoms with van der Waals surface area (Å²) in [7, 11) is -3.79. The fraction of sp³-hybridized carbons (Fsp3) is 0.417. The number of nitrogens with zero attached hydrogens (tertiary/aromatic N) is 1. The van der Waals surface area contributed by atoms with Gasteiger partial charge in [0.1, 0.15) is 0 Å². The Kier molecular flexibility index (Phi) is 4.82. The Bertz CT molecular complexity index is 681. The third-order valence-corrected chi connectivity index (χ3v) is 6.69. The highest BCUT2D eigenvalue weighted by Crippen LogP contribution is 2.34. The molecule has 0 aliphatic carbocycles. The van der Waals surface area contributed by atoms with E-state index in [0.29, 0.717) is 19.4 Å². The van der Waals surface area contributed by atoms with Crippen molar-refractivity contribution in [3.05, 3.63) is 21.6 Å².